The van der Waals surface area contributed by atoms with Gasteiger partial charge >= 0.3 is 0 Å². The zero-order valence-electron chi connectivity index (χ0n) is 17.1. The average molecular weight is 427 g/mol. The summed E-state index contributed by atoms with van der Waals surface area (Å²) >= 11 is 3.01. The highest BCUT2D eigenvalue weighted by Gasteiger charge is 2.20. The molecule has 0 aliphatic carbocycles. The zero-order valence-corrected chi connectivity index (χ0v) is 18.7. The van der Waals surface area contributed by atoms with Gasteiger partial charge in [-0.25, -0.2) is 4.98 Å². The number of hydrogen-bond acceptors (Lipinski definition) is 7. The molecule has 1 aromatic carbocycles. The maximum atomic E-state index is 13.6. The van der Waals surface area contributed by atoms with E-state index in [1.165, 1.54) is 17.3 Å². The second kappa shape index (κ2) is 7.76. The Labute approximate surface area is 177 Å². The summed E-state index contributed by atoms with van der Waals surface area (Å²) in [4.78, 5) is 24.7. The van der Waals surface area contributed by atoms with Crippen molar-refractivity contribution in [3.8, 4) is 5.69 Å². The number of aromatic nitrogens is 4. The van der Waals surface area contributed by atoms with E-state index in [1.807, 2.05) is 18.2 Å². The molecule has 3 aromatic heterocycles. The highest BCUT2D eigenvalue weighted by molar-refractivity contribution is 7.98. The molecule has 29 heavy (non-hydrogen) atoms. The average Bonchev–Trinajstić information content (AvgIpc) is 3.24. The molecule has 6 nitrogen and oxygen atoms in total. The summed E-state index contributed by atoms with van der Waals surface area (Å²) in [5, 5.41) is 5.20. The Hall–Kier alpha value is -2.45. The van der Waals surface area contributed by atoms with Gasteiger partial charge in [-0.3, -0.25) is 9.36 Å². The monoisotopic (exact) mass is 426 g/mol. The quantitative estimate of drug-likeness (QED) is 0.333. The number of fused-ring (bicyclic) bond motifs is 1. The Morgan fingerprint density at radius 2 is 1.93 bits per heavy atom. The van der Waals surface area contributed by atoms with Crippen LogP contribution in [-0.2, 0) is 12.2 Å². The number of nitrogens with zero attached hydrogens (tertiary/aromatic N) is 4. The van der Waals surface area contributed by atoms with Crippen molar-refractivity contribution in [2.24, 2.45) is 0 Å². The summed E-state index contributed by atoms with van der Waals surface area (Å²) in [7, 11) is 0. The molecule has 8 heteroatoms. The van der Waals surface area contributed by atoms with E-state index in [4.69, 9.17) is 9.51 Å². The number of thioether (sulfide) groups is 1. The molecule has 0 aliphatic rings. The van der Waals surface area contributed by atoms with E-state index in [1.54, 1.807) is 22.8 Å². The highest BCUT2D eigenvalue weighted by Crippen LogP contribution is 2.31. The Morgan fingerprint density at radius 3 is 2.59 bits per heavy atom. The van der Waals surface area contributed by atoms with E-state index in [0.717, 1.165) is 38.3 Å². The molecule has 4 rings (SSSR count). The summed E-state index contributed by atoms with van der Waals surface area (Å²) in [6.45, 7) is 10.0. The van der Waals surface area contributed by atoms with Gasteiger partial charge in [-0.2, -0.15) is 4.98 Å². The topological polar surface area (TPSA) is 73.8 Å². The molecule has 4 aromatic rings. The van der Waals surface area contributed by atoms with E-state index < -0.39 is 0 Å². The molecule has 0 saturated carbocycles. The van der Waals surface area contributed by atoms with E-state index in [-0.39, 0.29) is 5.56 Å². The van der Waals surface area contributed by atoms with Gasteiger partial charge in [0.1, 0.15) is 4.83 Å². The fourth-order valence-electron chi connectivity index (χ4n) is 3.34. The SMILES string of the molecule is CCc1c(C)sc2nc(SCc3nc(C)no3)n(-c3ccc(C)c(C)c3)c(=O)c12. The normalized spacial score (nSPS) is 11.5. The first-order valence-electron chi connectivity index (χ1n) is 9.43. The lowest BCUT2D eigenvalue weighted by Gasteiger charge is -2.13. The third-order valence-corrected chi connectivity index (χ3v) is 6.96. The van der Waals surface area contributed by atoms with Crippen molar-refractivity contribution in [3.63, 3.8) is 0 Å². The lowest BCUT2D eigenvalue weighted by molar-refractivity contribution is 0.387. The molecule has 0 saturated heterocycles. The van der Waals surface area contributed by atoms with Gasteiger partial charge < -0.3 is 4.52 Å². The van der Waals surface area contributed by atoms with Crippen LogP contribution in [-0.4, -0.2) is 19.7 Å². The van der Waals surface area contributed by atoms with Crippen molar-refractivity contribution in [1.82, 2.24) is 19.7 Å². The van der Waals surface area contributed by atoms with Crippen molar-refractivity contribution >= 4 is 33.3 Å². The molecule has 0 amide bonds. The van der Waals surface area contributed by atoms with Crippen molar-refractivity contribution in [3.05, 3.63) is 61.8 Å². The third-order valence-electron chi connectivity index (χ3n) is 4.99. The fourth-order valence-corrected chi connectivity index (χ4v) is 5.34. The molecule has 0 fully saturated rings. The standard InChI is InChI=1S/C21H22N4O2S2/c1-6-16-13(4)29-19-18(16)20(26)25(15-8-7-11(2)12(3)9-15)21(23-19)28-10-17-22-14(5)24-27-17/h7-9H,6,10H2,1-5H3. The van der Waals surface area contributed by atoms with Gasteiger partial charge in [-0.15, -0.1) is 11.3 Å². The Morgan fingerprint density at radius 1 is 1.14 bits per heavy atom. The van der Waals surface area contributed by atoms with Gasteiger partial charge in [0.15, 0.2) is 11.0 Å². The minimum atomic E-state index is -0.0244. The number of thiophene rings is 1. The first-order chi connectivity index (χ1) is 13.9. The maximum absolute atomic E-state index is 13.6. The van der Waals surface area contributed by atoms with Crippen LogP contribution in [0.4, 0.5) is 0 Å². The van der Waals surface area contributed by atoms with Crippen LogP contribution in [0.1, 0.15) is 40.2 Å². The van der Waals surface area contributed by atoms with Crippen molar-refractivity contribution < 1.29 is 4.52 Å². The molecule has 150 valence electrons. The molecule has 3 heterocycles. The van der Waals surface area contributed by atoms with Gasteiger partial charge in [-0.05, 0) is 62.9 Å². The molecule has 0 aliphatic heterocycles. The van der Waals surface area contributed by atoms with Crippen LogP contribution in [0.2, 0.25) is 0 Å². The van der Waals surface area contributed by atoms with Gasteiger partial charge in [-0.1, -0.05) is 29.9 Å². The van der Waals surface area contributed by atoms with E-state index in [2.05, 4.69) is 37.8 Å². The van der Waals surface area contributed by atoms with Crippen LogP contribution in [0.25, 0.3) is 15.9 Å². The second-order valence-corrected chi connectivity index (χ2v) is 9.14. The highest BCUT2D eigenvalue weighted by atomic mass is 32.2. The van der Waals surface area contributed by atoms with Crippen LogP contribution in [0, 0.1) is 27.7 Å². The first kappa shape index (κ1) is 19.8. The Bertz CT molecular complexity index is 1270. The molecular weight excluding hydrogens is 404 g/mol. The smallest absolute Gasteiger partial charge is 0.267 e. The minimum absolute atomic E-state index is 0.0244. The molecule has 0 bridgehead atoms. The largest absolute Gasteiger partial charge is 0.338 e. The summed E-state index contributed by atoms with van der Waals surface area (Å²) in [5.41, 5.74) is 4.21. The molecule has 0 unspecified atom stereocenters. The van der Waals surface area contributed by atoms with E-state index in [9.17, 15) is 4.79 Å². The summed E-state index contributed by atoms with van der Waals surface area (Å²) < 4.78 is 6.95. The van der Waals surface area contributed by atoms with Crippen LogP contribution in [0.3, 0.4) is 0 Å². The minimum Gasteiger partial charge on any atom is -0.338 e. The van der Waals surface area contributed by atoms with Crippen molar-refractivity contribution in [2.45, 2.75) is 51.9 Å². The number of benzene rings is 1. The van der Waals surface area contributed by atoms with Gasteiger partial charge in [0.2, 0.25) is 5.89 Å². The van der Waals surface area contributed by atoms with Crippen LogP contribution in [0.5, 0.6) is 0 Å². The Kier molecular flexibility index (Phi) is 5.31. The van der Waals surface area contributed by atoms with Crippen LogP contribution >= 0.6 is 23.1 Å². The summed E-state index contributed by atoms with van der Waals surface area (Å²) in [5.74, 6) is 1.57. The number of hydrogen-bond donors (Lipinski definition) is 0. The zero-order chi connectivity index (χ0) is 20.7. The maximum Gasteiger partial charge on any atom is 0.267 e. The van der Waals surface area contributed by atoms with Crippen LogP contribution < -0.4 is 5.56 Å². The third kappa shape index (κ3) is 3.62. The van der Waals surface area contributed by atoms with Gasteiger partial charge in [0, 0.05) is 4.88 Å². The van der Waals surface area contributed by atoms with Crippen molar-refractivity contribution in [2.75, 3.05) is 0 Å². The van der Waals surface area contributed by atoms with Gasteiger partial charge in [0.25, 0.3) is 5.56 Å². The molecular formula is C21H22N4O2S2. The predicted molar refractivity (Wildman–Crippen MR) is 117 cm³/mol. The molecule has 0 N–H and O–H groups in total. The lowest BCUT2D eigenvalue weighted by atomic mass is 10.1. The first-order valence-corrected chi connectivity index (χ1v) is 11.2. The molecule has 0 radical (unpaired) electrons. The summed E-state index contributed by atoms with van der Waals surface area (Å²) in [6.07, 6.45) is 0.809. The molecule has 0 spiro atoms. The summed E-state index contributed by atoms with van der Waals surface area (Å²) in [6, 6.07) is 6.05. The van der Waals surface area contributed by atoms with Gasteiger partial charge in [0.05, 0.1) is 16.8 Å². The van der Waals surface area contributed by atoms with Crippen LogP contribution in [0.15, 0.2) is 32.7 Å². The van der Waals surface area contributed by atoms with Crippen molar-refractivity contribution in [1.29, 1.82) is 0 Å². The lowest BCUT2D eigenvalue weighted by Crippen LogP contribution is -2.22. The predicted octanol–water partition coefficient (Wildman–Crippen LogP) is 4.92. The Balaban J connectivity index is 1.91. The van der Waals surface area contributed by atoms with E-state index >= 15 is 0 Å². The number of aryl methyl sites for hydroxylation is 5. The second-order valence-electron chi connectivity index (χ2n) is 7.00. The number of rotatable bonds is 5. The fraction of sp³-hybridized carbons (Fsp3) is 0.333. The molecule has 0 atom stereocenters. The van der Waals surface area contributed by atoms with E-state index in [0.29, 0.717) is 22.6 Å².